The summed E-state index contributed by atoms with van der Waals surface area (Å²) in [4.78, 5) is 5.26. The molecule has 1 aliphatic carbocycles. The van der Waals surface area contributed by atoms with E-state index < -0.39 is 10.0 Å². The molecule has 0 radical (unpaired) electrons. The van der Waals surface area contributed by atoms with Gasteiger partial charge in [0, 0.05) is 5.92 Å². The highest BCUT2D eigenvalue weighted by atomic mass is 32.2. The van der Waals surface area contributed by atoms with Crippen molar-refractivity contribution in [1.29, 1.82) is 0 Å². The van der Waals surface area contributed by atoms with Crippen molar-refractivity contribution >= 4 is 27.0 Å². The second-order valence-corrected chi connectivity index (χ2v) is 10.4. The second-order valence-electron chi connectivity index (χ2n) is 7.78. The van der Waals surface area contributed by atoms with Crippen LogP contribution in [0, 0.1) is 0 Å². The van der Waals surface area contributed by atoms with Crippen LogP contribution in [0.2, 0.25) is 0 Å². The van der Waals surface area contributed by atoms with Gasteiger partial charge in [-0.15, -0.1) is 11.3 Å². The molecular formula is C19H21N3O3S2. The summed E-state index contributed by atoms with van der Waals surface area (Å²) in [5.74, 6) is 1.43. The van der Waals surface area contributed by atoms with Crippen molar-refractivity contribution in [3.8, 4) is 10.8 Å². The Kier molecular flexibility index (Phi) is 4.35. The van der Waals surface area contributed by atoms with Crippen molar-refractivity contribution in [1.82, 2.24) is 10.1 Å². The first-order chi connectivity index (χ1) is 12.7. The van der Waals surface area contributed by atoms with E-state index in [0.717, 1.165) is 18.4 Å². The molecule has 8 heteroatoms. The monoisotopic (exact) mass is 403 g/mol. The van der Waals surface area contributed by atoms with Gasteiger partial charge in [0.05, 0.1) is 10.6 Å². The van der Waals surface area contributed by atoms with Gasteiger partial charge in [0.2, 0.25) is 0 Å². The van der Waals surface area contributed by atoms with E-state index in [1.54, 1.807) is 23.6 Å². The van der Waals surface area contributed by atoms with E-state index in [2.05, 4.69) is 35.6 Å². The minimum atomic E-state index is -3.71. The lowest BCUT2D eigenvalue weighted by molar-refractivity contribution is 0.423. The summed E-state index contributed by atoms with van der Waals surface area (Å²) in [5.41, 5.74) is 1.50. The Bertz CT molecular complexity index is 1060. The lowest BCUT2D eigenvalue weighted by atomic mass is 9.87. The van der Waals surface area contributed by atoms with Crippen LogP contribution in [-0.4, -0.2) is 18.6 Å². The Balaban J connectivity index is 1.59. The molecule has 1 N–H and O–H groups in total. The topological polar surface area (TPSA) is 85.1 Å². The fraction of sp³-hybridized carbons (Fsp3) is 0.368. The lowest BCUT2D eigenvalue weighted by Gasteiger charge is -2.19. The van der Waals surface area contributed by atoms with Crippen LogP contribution in [0.1, 0.15) is 50.9 Å². The number of hydrogen-bond donors (Lipinski definition) is 1. The molecule has 1 saturated carbocycles. The summed E-state index contributed by atoms with van der Waals surface area (Å²) in [7, 11) is -3.71. The molecule has 0 aliphatic heterocycles. The molecular weight excluding hydrogens is 382 g/mol. The molecule has 6 nitrogen and oxygen atoms in total. The maximum Gasteiger partial charge on any atom is 0.270 e. The minimum absolute atomic E-state index is 0.0343. The van der Waals surface area contributed by atoms with Gasteiger partial charge < -0.3 is 4.52 Å². The fourth-order valence-corrected chi connectivity index (χ4v) is 4.63. The van der Waals surface area contributed by atoms with E-state index >= 15 is 0 Å². The van der Waals surface area contributed by atoms with E-state index in [4.69, 9.17) is 4.52 Å². The Morgan fingerprint density at radius 3 is 2.48 bits per heavy atom. The van der Waals surface area contributed by atoms with E-state index in [1.807, 2.05) is 12.1 Å². The highest BCUT2D eigenvalue weighted by molar-refractivity contribution is 7.92. The number of aromatic nitrogens is 2. The number of anilines is 1. The number of benzene rings is 1. The van der Waals surface area contributed by atoms with Gasteiger partial charge in [-0.25, -0.2) is 8.42 Å². The number of thiophene rings is 1. The molecule has 0 bridgehead atoms. The van der Waals surface area contributed by atoms with Gasteiger partial charge in [0.15, 0.2) is 5.82 Å². The van der Waals surface area contributed by atoms with Crippen molar-refractivity contribution in [2.75, 3.05) is 4.72 Å². The summed E-state index contributed by atoms with van der Waals surface area (Å²) < 4.78 is 33.6. The van der Waals surface area contributed by atoms with Crippen LogP contribution in [0.4, 0.5) is 5.69 Å². The van der Waals surface area contributed by atoms with Crippen LogP contribution in [0.15, 0.2) is 45.1 Å². The van der Waals surface area contributed by atoms with Crippen LogP contribution < -0.4 is 4.72 Å². The number of nitrogens with zero attached hydrogens (tertiary/aromatic N) is 2. The van der Waals surface area contributed by atoms with Crippen molar-refractivity contribution in [2.24, 2.45) is 0 Å². The first-order valence-corrected chi connectivity index (χ1v) is 11.2. The van der Waals surface area contributed by atoms with Gasteiger partial charge in [-0.05, 0) is 47.4 Å². The number of nitrogens with one attached hydrogen (secondary N) is 1. The molecule has 0 amide bonds. The first-order valence-electron chi connectivity index (χ1n) is 8.79. The van der Waals surface area contributed by atoms with Crippen molar-refractivity contribution in [3.05, 3.63) is 47.1 Å². The van der Waals surface area contributed by atoms with Gasteiger partial charge in [0.1, 0.15) is 4.88 Å². The summed E-state index contributed by atoms with van der Waals surface area (Å²) in [5, 5.41) is 5.81. The van der Waals surface area contributed by atoms with Crippen LogP contribution in [0.5, 0.6) is 0 Å². The second kappa shape index (κ2) is 6.45. The predicted molar refractivity (Wildman–Crippen MR) is 106 cm³/mol. The molecule has 27 heavy (non-hydrogen) atoms. The zero-order chi connectivity index (χ0) is 19.2. The third-order valence-corrected chi connectivity index (χ3v) is 6.80. The minimum Gasteiger partial charge on any atom is -0.333 e. The van der Waals surface area contributed by atoms with Gasteiger partial charge in [0.25, 0.3) is 15.9 Å². The Labute approximate surface area is 162 Å². The normalized spacial score (nSPS) is 15.1. The maximum atomic E-state index is 12.8. The van der Waals surface area contributed by atoms with Crippen LogP contribution in [0.25, 0.3) is 10.8 Å². The molecule has 2 heterocycles. The molecule has 4 rings (SSSR count). The SMILES string of the molecule is CC(C)(C)c1ccc(S(=O)(=O)Nc2ccsc2-c2nc(C3CC3)no2)cc1. The average molecular weight is 404 g/mol. The van der Waals surface area contributed by atoms with Gasteiger partial charge >= 0.3 is 0 Å². The Morgan fingerprint density at radius 2 is 1.85 bits per heavy atom. The van der Waals surface area contributed by atoms with E-state index in [9.17, 15) is 8.42 Å². The van der Waals surface area contributed by atoms with Crippen molar-refractivity contribution in [2.45, 2.75) is 49.8 Å². The smallest absolute Gasteiger partial charge is 0.270 e. The fourth-order valence-electron chi connectivity index (χ4n) is 2.73. The van der Waals surface area contributed by atoms with Crippen molar-refractivity contribution < 1.29 is 12.9 Å². The molecule has 142 valence electrons. The molecule has 0 spiro atoms. The largest absolute Gasteiger partial charge is 0.333 e. The number of sulfonamides is 1. The molecule has 0 atom stereocenters. The van der Waals surface area contributed by atoms with Gasteiger partial charge in [-0.2, -0.15) is 4.98 Å². The van der Waals surface area contributed by atoms with Gasteiger partial charge in [-0.3, -0.25) is 4.72 Å². The quantitative estimate of drug-likeness (QED) is 0.663. The zero-order valence-corrected chi connectivity index (χ0v) is 17.0. The molecule has 1 aliphatic rings. The third kappa shape index (κ3) is 3.77. The van der Waals surface area contributed by atoms with Gasteiger partial charge in [-0.1, -0.05) is 38.1 Å². The predicted octanol–water partition coefficient (Wildman–Crippen LogP) is 4.77. The standard InChI is InChI=1S/C19H21N3O3S2/c1-19(2,3)13-6-8-14(9-7-13)27(23,24)22-15-10-11-26-16(15)18-20-17(21-25-18)12-4-5-12/h6-12,22H,4-5H2,1-3H3. The highest BCUT2D eigenvalue weighted by Gasteiger charge is 2.30. The Hall–Kier alpha value is -2.19. The summed E-state index contributed by atoms with van der Waals surface area (Å²) in [6.45, 7) is 6.27. The lowest BCUT2D eigenvalue weighted by Crippen LogP contribution is -2.15. The van der Waals surface area contributed by atoms with E-state index in [-0.39, 0.29) is 10.3 Å². The maximum absolute atomic E-state index is 12.8. The first kappa shape index (κ1) is 18.2. The third-order valence-electron chi connectivity index (χ3n) is 4.52. The molecule has 0 unspecified atom stereocenters. The Morgan fingerprint density at radius 1 is 1.15 bits per heavy atom. The van der Waals surface area contributed by atoms with E-state index in [1.165, 1.54) is 11.3 Å². The molecule has 1 fully saturated rings. The average Bonchev–Trinajstić information content (AvgIpc) is 3.17. The molecule has 1 aromatic carbocycles. The zero-order valence-electron chi connectivity index (χ0n) is 15.4. The molecule has 3 aromatic rings. The number of hydrogen-bond acceptors (Lipinski definition) is 6. The summed E-state index contributed by atoms with van der Waals surface area (Å²) in [6.07, 6.45) is 2.15. The van der Waals surface area contributed by atoms with E-state index in [0.29, 0.717) is 28.2 Å². The van der Waals surface area contributed by atoms with Crippen LogP contribution in [0.3, 0.4) is 0 Å². The summed E-state index contributed by atoms with van der Waals surface area (Å²) in [6, 6.07) is 8.67. The number of rotatable bonds is 5. The summed E-state index contributed by atoms with van der Waals surface area (Å²) >= 11 is 1.37. The van der Waals surface area contributed by atoms with Crippen LogP contribution >= 0.6 is 11.3 Å². The van der Waals surface area contributed by atoms with Crippen LogP contribution in [-0.2, 0) is 15.4 Å². The molecule has 2 aromatic heterocycles. The molecule has 0 saturated heterocycles. The van der Waals surface area contributed by atoms with Crippen molar-refractivity contribution in [3.63, 3.8) is 0 Å². The highest BCUT2D eigenvalue weighted by Crippen LogP contribution is 2.40.